The standard InChI is InChI=1S/C15H22N4S/c1-5-10-6-11-12(17-8-9-7-15(9,2)3)18-14(16-4)19-13(11)20-10/h6,9H,5,7-8H2,1-4H3,(H2,16,17,18,19). The van der Waals surface area contributed by atoms with Crippen molar-refractivity contribution in [3.05, 3.63) is 10.9 Å². The second-order valence-corrected chi connectivity index (χ2v) is 7.32. The largest absolute Gasteiger partial charge is 0.369 e. The zero-order chi connectivity index (χ0) is 14.3. The predicted octanol–water partition coefficient (Wildman–Crippen LogP) is 3.75. The molecule has 3 rings (SSSR count). The van der Waals surface area contributed by atoms with Gasteiger partial charge in [-0.25, -0.2) is 4.98 Å². The molecular weight excluding hydrogens is 268 g/mol. The Hall–Kier alpha value is -1.36. The van der Waals surface area contributed by atoms with E-state index in [0.29, 0.717) is 11.4 Å². The zero-order valence-corrected chi connectivity index (χ0v) is 13.4. The number of hydrogen-bond donors (Lipinski definition) is 2. The Morgan fingerprint density at radius 2 is 2.15 bits per heavy atom. The highest BCUT2D eigenvalue weighted by molar-refractivity contribution is 7.18. The Labute approximate surface area is 124 Å². The van der Waals surface area contributed by atoms with Crippen LogP contribution in [-0.2, 0) is 6.42 Å². The van der Waals surface area contributed by atoms with Crippen LogP contribution < -0.4 is 10.6 Å². The van der Waals surface area contributed by atoms with E-state index in [1.165, 1.54) is 11.3 Å². The highest BCUT2D eigenvalue weighted by Crippen LogP contribution is 2.51. The van der Waals surface area contributed by atoms with Crippen LogP contribution in [0.15, 0.2) is 6.07 Å². The number of rotatable bonds is 5. The van der Waals surface area contributed by atoms with E-state index in [4.69, 9.17) is 0 Å². The smallest absolute Gasteiger partial charge is 0.225 e. The van der Waals surface area contributed by atoms with Gasteiger partial charge in [-0.15, -0.1) is 11.3 Å². The third kappa shape index (κ3) is 2.46. The van der Waals surface area contributed by atoms with Crippen LogP contribution in [0, 0.1) is 11.3 Å². The van der Waals surface area contributed by atoms with E-state index in [0.717, 1.165) is 34.9 Å². The molecule has 0 aromatic carbocycles. The second kappa shape index (κ2) is 4.88. The lowest BCUT2D eigenvalue weighted by Crippen LogP contribution is -2.10. The van der Waals surface area contributed by atoms with Crippen LogP contribution >= 0.6 is 11.3 Å². The molecule has 20 heavy (non-hydrogen) atoms. The van der Waals surface area contributed by atoms with Crippen molar-refractivity contribution in [2.75, 3.05) is 24.2 Å². The molecular formula is C15H22N4S. The number of nitrogens with one attached hydrogen (secondary N) is 2. The van der Waals surface area contributed by atoms with Crippen LogP contribution in [0.2, 0.25) is 0 Å². The van der Waals surface area contributed by atoms with Crippen LogP contribution in [0.1, 0.15) is 32.1 Å². The van der Waals surface area contributed by atoms with E-state index in [-0.39, 0.29) is 0 Å². The third-order valence-electron chi connectivity index (χ3n) is 4.25. The second-order valence-electron chi connectivity index (χ2n) is 6.20. The molecule has 0 saturated heterocycles. The van der Waals surface area contributed by atoms with Gasteiger partial charge in [0.25, 0.3) is 0 Å². The van der Waals surface area contributed by atoms with E-state index in [1.54, 1.807) is 11.3 Å². The molecule has 2 N–H and O–H groups in total. The molecule has 108 valence electrons. The van der Waals surface area contributed by atoms with Crippen molar-refractivity contribution in [3.8, 4) is 0 Å². The molecule has 0 amide bonds. The van der Waals surface area contributed by atoms with E-state index in [2.05, 4.69) is 47.4 Å². The van der Waals surface area contributed by atoms with Crippen molar-refractivity contribution in [2.45, 2.75) is 33.6 Å². The fraction of sp³-hybridized carbons (Fsp3) is 0.600. The van der Waals surface area contributed by atoms with Crippen molar-refractivity contribution in [1.29, 1.82) is 0 Å². The first kappa shape index (κ1) is 13.6. The van der Waals surface area contributed by atoms with Gasteiger partial charge in [0.1, 0.15) is 10.6 Å². The van der Waals surface area contributed by atoms with Gasteiger partial charge in [0, 0.05) is 18.5 Å². The molecule has 1 saturated carbocycles. The molecule has 5 heteroatoms. The van der Waals surface area contributed by atoms with Crippen molar-refractivity contribution in [3.63, 3.8) is 0 Å². The summed E-state index contributed by atoms with van der Waals surface area (Å²) in [5.41, 5.74) is 0.494. The van der Waals surface area contributed by atoms with Gasteiger partial charge >= 0.3 is 0 Å². The zero-order valence-electron chi connectivity index (χ0n) is 12.6. The van der Waals surface area contributed by atoms with Gasteiger partial charge in [0.15, 0.2) is 0 Å². The number of anilines is 2. The molecule has 0 bridgehead atoms. The average molecular weight is 290 g/mol. The lowest BCUT2D eigenvalue weighted by molar-refractivity contribution is 0.573. The monoisotopic (exact) mass is 290 g/mol. The van der Waals surface area contributed by atoms with E-state index in [1.807, 2.05) is 7.05 Å². The van der Waals surface area contributed by atoms with E-state index < -0.39 is 0 Å². The lowest BCUT2D eigenvalue weighted by Gasteiger charge is -2.09. The van der Waals surface area contributed by atoms with Gasteiger partial charge in [-0.3, -0.25) is 0 Å². The summed E-state index contributed by atoms with van der Waals surface area (Å²) >= 11 is 1.76. The van der Waals surface area contributed by atoms with Crippen molar-refractivity contribution < 1.29 is 0 Å². The molecule has 2 aromatic heterocycles. The number of nitrogens with zero attached hydrogens (tertiary/aromatic N) is 2. The highest BCUT2D eigenvalue weighted by Gasteiger charge is 2.45. The van der Waals surface area contributed by atoms with Crippen LogP contribution in [-0.4, -0.2) is 23.6 Å². The first-order valence-electron chi connectivity index (χ1n) is 7.25. The topological polar surface area (TPSA) is 49.8 Å². The van der Waals surface area contributed by atoms with Crippen LogP contribution in [0.5, 0.6) is 0 Å². The number of thiophene rings is 1. The van der Waals surface area contributed by atoms with E-state index in [9.17, 15) is 0 Å². The molecule has 2 heterocycles. The van der Waals surface area contributed by atoms with Crippen LogP contribution in [0.25, 0.3) is 10.2 Å². The highest BCUT2D eigenvalue weighted by atomic mass is 32.1. The van der Waals surface area contributed by atoms with Gasteiger partial charge in [-0.2, -0.15) is 4.98 Å². The summed E-state index contributed by atoms with van der Waals surface area (Å²) < 4.78 is 0. The summed E-state index contributed by atoms with van der Waals surface area (Å²) in [7, 11) is 1.86. The summed E-state index contributed by atoms with van der Waals surface area (Å²) in [6.45, 7) is 7.83. The SMILES string of the molecule is CCc1cc2c(NCC3CC3(C)C)nc(NC)nc2s1. The summed E-state index contributed by atoms with van der Waals surface area (Å²) in [6.07, 6.45) is 2.35. The molecule has 4 nitrogen and oxygen atoms in total. The summed E-state index contributed by atoms with van der Waals surface area (Å²) in [5.74, 6) is 2.42. The van der Waals surface area contributed by atoms with Gasteiger partial charge in [-0.1, -0.05) is 20.8 Å². The first-order valence-corrected chi connectivity index (χ1v) is 8.07. The summed E-state index contributed by atoms with van der Waals surface area (Å²) in [6, 6.07) is 2.22. The fourth-order valence-electron chi connectivity index (χ4n) is 2.54. The molecule has 0 radical (unpaired) electrons. The lowest BCUT2D eigenvalue weighted by atomic mass is 10.1. The molecule has 1 atom stereocenters. The predicted molar refractivity (Wildman–Crippen MR) is 86.7 cm³/mol. The summed E-state index contributed by atoms with van der Waals surface area (Å²) in [5, 5.41) is 7.74. The Bertz CT molecular complexity index is 632. The Morgan fingerprint density at radius 3 is 2.75 bits per heavy atom. The summed E-state index contributed by atoms with van der Waals surface area (Å²) in [4.78, 5) is 11.6. The van der Waals surface area contributed by atoms with Crippen LogP contribution in [0.3, 0.4) is 0 Å². The molecule has 0 aliphatic heterocycles. The number of fused-ring (bicyclic) bond motifs is 1. The molecule has 0 spiro atoms. The van der Waals surface area contributed by atoms with Crippen molar-refractivity contribution in [1.82, 2.24) is 9.97 Å². The minimum Gasteiger partial charge on any atom is -0.369 e. The molecule has 2 aromatic rings. The van der Waals surface area contributed by atoms with E-state index >= 15 is 0 Å². The Morgan fingerprint density at radius 1 is 1.40 bits per heavy atom. The Kier molecular flexibility index (Phi) is 3.32. The van der Waals surface area contributed by atoms with Gasteiger partial charge in [0.05, 0.1) is 5.39 Å². The average Bonchev–Trinajstić information content (AvgIpc) is 2.86. The first-order chi connectivity index (χ1) is 9.53. The minimum absolute atomic E-state index is 0.494. The molecule has 1 aliphatic rings. The number of aromatic nitrogens is 2. The maximum absolute atomic E-state index is 4.59. The van der Waals surface area contributed by atoms with Crippen LogP contribution in [0.4, 0.5) is 11.8 Å². The maximum atomic E-state index is 4.59. The fourth-order valence-corrected chi connectivity index (χ4v) is 3.50. The third-order valence-corrected chi connectivity index (χ3v) is 5.42. The van der Waals surface area contributed by atoms with Crippen molar-refractivity contribution in [2.24, 2.45) is 11.3 Å². The minimum atomic E-state index is 0.494. The number of aryl methyl sites for hydroxylation is 1. The van der Waals surface area contributed by atoms with Crippen molar-refractivity contribution >= 4 is 33.3 Å². The van der Waals surface area contributed by atoms with Gasteiger partial charge < -0.3 is 10.6 Å². The molecule has 1 aliphatic carbocycles. The molecule has 1 fully saturated rings. The maximum Gasteiger partial charge on any atom is 0.225 e. The van der Waals surface area contributed by atoms with Gasteiger partial charge in [0.2, 0.25) is 5.95 Å². The number of hydrogen-bond acceptors (Lipinski definition) is 5. The van der Waals surface area contributed by atoms with Gasteiger partial charge in [-0.05, 0) is 30.2 Å². The Balaban J connectivity index is 1.89. The quantitative estimate of drug-likeness (QED) is 0.880. The normalized spacial score (nSPS) is 20.1. The molecule has 1 unspecified atom stereocenters.